The molecular weight excluding hydrogens is 206 g/mol. The number of carbonyl (C=O) groups is 1. The van der Waals surface area contributed by atoms with E-state index >= 15 is 0 Å². The summed E-state index contributed by atoms with van der Waals surface area (Å²) in [4.78, 5) is 10.4. The third-order valence-corrected chi connectivity index (χ3v) is 2.17. The average Bonchev–Trinajstić information content (AvgIpc) is 2.22. The van der Waals surface area contributed by atoms with Crippen LogP contribution in [0.5, 0.6) is 5.75 Å². The predicted octanol–water partition coefficient (Wildman–Crippen LogP) is 1.57. The first-order chi connectivity index (χ1) is 7.65. The van der Waals surface area contributed by atoms with Gasteiger partial charge in [0.2, 0.25) is 0 Å². The van der Waals surface area contributed by atoms with Crippen molar-refractivity contribution in [2.45, 2.75) is 20.4 Å². The van der Waals surface area contributed by atoms with E-state index in [4.69, 9.17) is 9.84 Å². The molecule has 1 aromatic carbocycles. The number of rotatable bonds is 6. The smallest absolute Gasteiger partial charge is 0.317 e. The number of ether oxygens (including phenoxy) is 1. The molecule has 4 heteroatoms. The zero-order chi connectivity index (χ0) is 12.0. The molecule has 1 rings (SSSR count). The first-order valence-electron chi connectivity index (χ1n) is 5.29. The molecule has 0 saturated heterocycles. The van der Waals surface area contributed by atoms with Crippen molar-refractivity contribution in [1.82, 2.24) is 5.32 Å². The maximum Gasteiger partial charge on any atom is 0.317 e. The Hall–Kier alpha value is -1.55. The van der Waals surface area contributed by atoms with Crippen LogP contribution in [-0.2, 0) is 11.3 Å². The third kappa shape index (κ3) is 3.55. The first kappa shape index (κ1) is 12.5. The normalized spacial score (nSPS) is 10.1. The second-order valence-corrected chi connectivity index (χ2v) is 3.49. The minimum atomic E-state index is -0.856. The lowest BCUT2D eigenvalue weighted by Crippen LogP contribution is -2.22. The van der Waals surface area contributed by atoms with Crippen molar-refractivity contribution in [3.8, 4) is 5.75 Å². The summed E-state index contributed by atoms with van der Waals surface area (Å²) in [5.74, 6) is -0.00602. The number of hydrogen-bond donors (Lipinski definition) is 2. The number of aryl methyl sites for hydroxylation is 1. The molecule has 0 unspecified atom stereocenters. The van der Waals surface area contributed by atoms with Crippen LogP contribution in [0, 0.1) is 6.92 Å². The molecule has 4 nitrogen and oxygen atoms in total. The van der Waals surface area contributed by atoms with Crippen molar-refractivity contribution in [3.63, 3.8) is 0 Å². The molecule has 16 heavy (non-hydrogen) atoms. The Labute approximate surface area is 95.2 Å². The summed E-state index contributed by atoms with van der Waals surface area (Å²) in [7, 11) is 0. The van der Waals surface area contributed by atoms with Crippen LogP contribution < -0.4 is 10.1 Å². The van der Waals surface area contributed by atoms with Gasteiger partial charge in [-0.2, -0.15) is 0 Å². The summed E-state index contributed by atoms with van der Waals surface area (Å²) >= 11 is 0. The standard InChI is InChI=1S/C12H17NO3/c1-3-16-12-9(2)5-4-6-10(12)7-13-8-11(14)15/h4-6,13H,3,7-8H2,1-2H3,(H,14,15). The Morgan fingerprint density at radius 3 is 2.88 bits per heavy atom. The fourth-order valence-electron chi connectivity index (χ4n) is 1.51. The van der Waals surface area contributed by atoms with Crippen molar-refractivity contribution in [2.75, 3.05) is 13.2 Å². The van der Waals surface area contributed by atoms with Crippen molar-refractivity contribution in [1.29, 1.82) is 0 Å². The Bertz CT molecular complexity index is 363. The lowest BCUT2D eigenvalue weighted by Gasteiger charge is -2.12. The monoisotopic (exact) mass is 223 g/mol. The highest BCUT2D eigenvalue weighted by molar-refractivity contribution is 5.69. The van der Waals surface area contributed by atoms with Gasteiger partial charge in [-0.25, -0.2) is 0 Å². The van der Waals surface area contributed by atoms with E-state index < -0.39 is 5.97 Å². The van der Waals surface area contributed by atoms with Gasteiger partial charge in [0.05, 0.1) is 13.2 Å². The highest BCUT2D eigenvalue weighted by atomic mass is 16.5. The number of carboxylic acids is 1. The Kier molecular flexibility index (Phi) is 4.79. The molecule has 88 valence electrons. The van der Waals surface area contributed by atoms with E-state index in [9.17, 15) is 4.79 Å². The zero-order valence-corrected chi connectivity index (χ0v) is 9.62. The molecule has 0 aliphatic heterocycles. The molecule has 2 N–H and O–H groups in total. The summed E-state index contributed by atoms with van der Waals surface area (Å²) in [6, 6.07) is 5.86. The molecule has 0 heterocycles. The molecule has 0 atom stereocenters. The molecule has 1 aromatic rings. The van der Waals surface area contributed by atoms with E-state index in [1.807, 2.05) is 32.0 Å². The largest absolute Gasteiger partial charge is 0.493 e. The highest BCUT2D eigenvalue weighted by Gasteiger charge is 2.06. The predicted molar refractivity (Wildman–Crippen MR) is 61.7 cm³/mol. The van der Waals surface area contributed by atoms with E-state index in [1.54, 1.807) is 0 Å². The van der Waals surface area contributed by atoms with Crippen LogP contribution in [0.3, 0.4) is 0 Å². The van der Waals surface area contributed by atoms with Gasteiger partial charge in [-0.15, -0.1) is 0 Å². The van der Waals surface area contributed by atoms with E-state index in [0.29, 0.717) is 13.2 Å². The van der Waals surface area contributed by atoms with Gasteiger partial charge in [-0.3, -0.25) is 4.79 Å². The van der Waals surface area contributed by atoms with Gasteiger partial charge in [-0.05, 0) is 19.4 Å². The molecule has 0 bridgehead atoms. The van der Waals surface area contributed by atoms with Crippen LogP contribution in [0.15, 0.2) is 18.2 Å². The van der Waals surface area contributed by atoms with Crippen LogP contribution >= 0.6 is 0 Å². The zero-order valence-electron chi connectivity index (χ0n) is 9.62. The second-order valence-electron chi connectivity index (χ2n) is 3.49. The van der Waals surface area contributed by atoms with Gasteiger partial charge < -0.3 is 15.2 Å². The van der Waals surface area contributed by atoms with E-state index in [1.165, 1.54) is 0 Å². The van der Waals surface area contributed by atoms with Gasteiger partial charge in [0.15, 0.2) is 0 Å². The summed E-state index contributed by atoms with van der Waals surface area (Å²) in [5.41, 5.74) is 2.06. The molecule has 0 fully saturated rings. The first-order valence-corrected chi connectivity index (χ1v) is 5.29. The summed E-state index contributed by atoms with van der Waals surface area (Å²) in [6.07, 6.45) is 0. The SMILES string of the molecule is CCOc1c(C)cccc1CNCC(=O)O. The molecule has 0 spiro atoms. The molecule has 0 radical (unpaired) electrons. The summed E-state index contributed by atoms with van der Waals surface area (Å²) < 4.78 is 5.54. The minimum absolute atomic E-state index is 0.0422. The van der Waals surface area contributed by atoms with Crippen LogP contribution in [0.1, 0.15) is 18.1 Å². The fraction of sp³-hybridized carbons (Fsp3) is 0.417. The Balaban J connectivity index is 2.70. The number of aliphatic carboxylic acids is 1. The lowest BCUT2D eigenvalue weighted by atomic mass is 10.1. The van der Waals surface area contributed by atoms with E-state index in [2.05, 4.69) is 5.32 Å². The average molecular weight is 223 g/mol. The van der Waals surface area contributed by atoms with Gasteiger partial charge in [0.25, 0.3) is 0 Å². The fourth-order valence-corrected chi connectivity index (χ4v) is 1.51. The molecular formula is C12H17NO3. The quantitative estimate of drug-likeness (QED) is 0.768. The molecule has 0 aliphatic carbocycles. The third-order valence-electron chi connectivity index (χ3n) is 2.17. The van der Waals surface area contributed by atoms with Gasteiger partial charge in [-0.1, -0.05) is 18.2 Å². The van der Waals surface area contributed by atoms with Crippen molar-refractivity contribution in [3.05, 3.63) is 29.3 Å². The van der Waals surface area contributed by atoms with E-state index in [-0.39, 0.29) is 6.54 Å². The molecule has 0 aromatic heterocycles. The summed E-state index contributed by atoms with van der Waals surface area (Å²) in [6.45, 7) is 4.98. The van der Waals surface area contributed by atoms with Crippen molar-refractivity contribution < 1.29 is 14.6 Å². The van der Waals surface area contributed by atoms with Crippen LogP contribution in [0.2, 0.25) is 0 Å². The maximum absolute atomic E-state index is 10.4. The number of benzene rings is 1. The Morgan fingerprint density at radius 2 is 2.25 bits per heavy atom. The number of nitrogens with one attached hydrogen (secondary N) is 1. The molecule has 0 aliphatic rings. The summed E-state index contributed by atoms with van der Waals surface area (Å²) in [5, 5.41) is 11.4. The van der Waals surface area contributed by atoms with Crippen molar-refractivity contribution >= 4 is 5.97 Å². The minimum Gasteiger partial charge on any atom is -0.493 e. The van der Waals surface area contributed by atoms with Crippen LogP contribution in [0.4, 0.5) is 0 Å². The number of para-hydroxylation sites is 1. The molecule has 0 saturated carbocycles. The Morgan fingerprint density at radius 1 is 1.50 bits per heavy atom. The van der Waals surface area contributed by atoms with E-state index in [0.717, 1.165) is 16.9 Å². The maximum atomic E-state index is 10.4. The van der Waals surface area contributed by atoms with Gasteiger partial charge in [0.1, 0.15) is 5.75 Å². The molecule has 0 amide bonds. The highest BCUT2D eigenvalue weighted by Crippen LogP contribution is 2.23. The number of carboxylic acid groups (broad SMARTS) is 1. The topological polar surface area (TPSA) is 58.6 Å². The lowest BCUT2D eigenvalue weighted by molar-refractivity contribution is -0.136. The van der Waals surface area contributed by atoms with Gasteiger partial charge >= 0.3 is 5.97 Å². The van der Waals surface area contributed by atoms with Gasteiger partial charge in [0, 0.05) is 12.1 Å². The van der Waals surface area contributed by atoms with Crippen molar-refractivity contribution in [2.24, 2.45) is 0 Å². The number of hydrogen-bond acceptors (Lipinski definition) is 3. The van der Waals surface area contributed by atoms with Crippen LogP contribution in [-0.4, -0.2) is 24.2 Å². The second kappa shape index (κ2) is 6.12. The van der Waals surface area contributed by atoms with Crippen LogP contribution in [0.25, 0.3) is 0 Å².